The number of benzene rings is 1. The topological polar surface area (TPSA) is 58.6 Å². The maximum Gasteiger partial charge on any atom is 0.212 e. The highest BCUT2D eigenvalue weighted by Crippen LogP contribution is 2.23. The summed E-state index contributed by atoms with van der Waals surface area (Å²) in [5.74, 6) is 0.256. The van der Waals surface area contributed by atoms with Crippen molar-refractivity contribution >= 4 is 10.0 Å². The van der Waals surface area contributed by atoms with E-state index in [1.54, 1.807) is 0 Å². The average Bonchev–Trinajstić information content (AvgIpc) is 2.90. The Bertz CT molecular complexity index is 554. The van der Waals surface area contributed by atoms with E-state index < -0.39 is 10.0 Å². The zero-order valence-electron chi connectivity index (χ0n) is 13.5. The molecule has 0 aromatic heterocycles. The minimum Gasteiger partial charge on any atom is -0.381 e. The highest BCUT2D eigenvalue weighted by molar-refractivity contribution is 7.89. The van der Waals surface area contributed by atoms with E-state index in [1.807, 2.05) is 56.3 Å². The zero-order chi connectivity index (χ0) is 16.2. The first-order valence-corrected chi connectivity index (χ1v) is 9.33. The SMILES string of the molecule is C[C@H](NS(=O)(=O)C[C@@H]1CCOC1)[C@H](c1ccccc1)N(C)C. The molecule has 2 rings (SSSR count). The lowest BCUT2D eigenvalue weighted by Crippen LogP contribution is -2.44. The molecule has 0 saturated carbocycles. The summed E-state index contributed by atoms with van der Waals surface area (Å²) in [6.45, 7) is 3.13. The van der Waals surface area contributed by atoms with E-state index in [9.17, 15) is 8.42 Å². The lowest BCUT2D eigenvalue weighted by Gasteiger charge is -2.31. The third-order valence-electron chi connectivity index (χ3n) is 4.02. The van der Waals surface area contributed by atoms with Crippen LogP contribution in [0.4, 0.5) is 0 Å². The predicted molar refractivity (Wildman–Crippen MR) is 88.2 cm³/mol. The van der Waals surface area contributed by atoms with Crippen LogP contribution in [-0.2, 0) is 14.8 Å². The molecule has 5 nitrogen and oxygen atoms in total. The number of hydrogen-bond acceptors (Lipinski definition) is 4. The number of hydrogen-bond donors (Lipinski definition) is 1. The van der Waals surface area contributed by atoms with Crippen molar-refractivity contribution in [2.75, 3.05) is 33.1 Å². The van der Waals surface area contributed by atoms with Crippen molar-refractivity contribution in [3.8, 4) is 0 Å². The van der Waals surface area contributed by atoms with Gasteiger partial charge in [0.1, 0.15) is 0 Å². The lowest BCUT2D eigenvalue weighted by molar-refractivity contribution is 0.188. The molecule has 1 aliphatic heterocycles. The largest absolute Gasteiger partial charge is 0.381 e. The second kappa shape index (κ2) is 7.55. The van der Waals surface area contributed by atoms with Crippen molar-refractivity contribution < 1.29 is 13.2 Å². The second-order valence-corrected chi connectivity index (χ2v) is 8.04. The van der Waals surface area contributed by atoms with E-state index in [2.05, 4.69) is 4.72 Å². The van der Waals surface area contributed by atoms with Gasteiger partial charge in [0.15, 0.2) is 0 Å². The van der Waals surface area contributed by atoms with E-state index >= 15 is 0 Å². The summed E-state index contributed by atoms with van der Waals surface area (Å²) in [4.78, 5) is 2.04. The molecule has 124 valence electrons. The smallest absolute Gasteiger partial charge is 0.212 e. The molecule has 0 unspecified atom stereocenters. The van der Waals surface area contributed by atoms with Crippen LogP contribution in [-0.4, -0.2) is 52.4 Å². The summed E-state index contributed by atoms with van der Waals surface area (Å²) in [6.07, 6.45) is 0.824. The molecule has 3 atom stereocenters. The molecule has 0 aliphatic carbocycles. The average molecular weight is 326 g/mol. The Morgan fingerprint density at radius 1 is 1.32 bits per heavy atom. The van der Waals surface area contributed by atoms with E-state index in [0.717, 1.165) is 12.0 Å². The van der Waals surface area contributed by atoms with E-state index in [-0.39, 0.29) is 23.8 Å². The van der Waals surface area contributed by atoms with Gasteiger partial charge in [0.25, 0.3) is 0 Å². The molecule has 1 heterocycles. The maximum atomic E-state index is 12.4. The Labute approximate surface area is 133 Å². The van der Waals surface area contributed by atoms with Gasteiger partial charge in [-0.05, 0) is 38.9 Å². The van der Waals surface area contributed by atoms with Crippen LogP contribution in [0.2, 0.25) is 0 Å². The lowest BCUT2D eigenvalue weighted by atomic mass is 10.0. The molecule has 1 fully saturated rings. The van der Waals surface area contributed by atoms with Crippen LogP contribution in [0, 0.1) is 5.92 Å². The molecule has 1 N–H and O–H groups in total. The molecule has 1 aromatic rings. The van der Waals surface area contributed by atoms with Gasteiger partial charge in [-0.3, -0.25) is 0 Å². The summed E-state index contributed by atoms with van der Waals surface area (Å²) in [7, 11) is 0.624. The Balaban J connectivity index is 2.06. The van der Waals surface area contributed by atoms with Gasteiger partial charge in [0, 0.05) is 12.6 Å². The number of rotatable bonds is 7. The van der Waals surface area contributed by atoms with Crippen LogP contribution in [0.5, 0.6) is 0 Å². The minimum atomic E-state index is -3.31. The first-order valence-electron chi connectivity index (χ1n) is 7.68. The van der Waals surface area contributed by atoms with E-state index in [4.69, 9.17) is 4.74 Å². The quantitative estimate of drug-likeness (QED) is 0.827. The van der Waals surface area contributed by atoms with E-state index in [1.165, 1.54) is 0 Å². The van der Waals surface area contributed by atoms with Gasteiger partial charge in [-0.2, -0.15) is 0 Å². The van der Waals surface area contributed by atoms with Gasteiger partial charge in [-0.1, -0.05) is 30.3 Å². The van der Waals surface area contributed by atoms with Crippen molar-refractivity contribution in [3.63, 3.8) is 0 Å². The second-order valence-electron chi connectivity index (χ2n) is 6.24. The summed E-state index contributed by atoms with van der Waals surface area (Å²) in [5.41, 5.74) is 1.10. The van der Waals surface area contributed by atoms with Crippen LogP contribution < -0.4 is 4.72 Å². The molecular weight excluding hydrogens is 300 g/mol. The number of sulfonamides is 1. The Morgan fingerprint density at radius 2 is 2.00 bits per heavy atom. The fourth-order valence-electron chi connectivity index (χ4n) is 3.11. The number of nitrogens with one attached hydrogen (secondary N) is 1. The maximum absolute atomic E-state index is 12.4. The molecule has 0 bridgehead atoms. The minimum absolute atomic E-state index is 0.00389. The number of ether oxygens (including phenoxy) is 1. The van der Waals surface area contributed by atoms with Gasteiger partial charge in [0.2, 0.25) is 10.0 Å². The highest BCUT2D eigenvalue weighted by Gasteiger charge is 2.28. The monoisotopic (exact) mass is 326 g/mol. The van der Waals surface area contributed by atoms with Crippen LogP contribution in [0.1, 0.15) is 24.9 Å². The van der Waals surface area contributed by atoms with Gasteiger partial charge in [-0.25, -0.2) is 13.1 Å². The normalized spacial score (nSPS) is 21.9. The standard InChI is InChI=1S/C16H26N2O3S/c1-13(16(18(2)3)15-7-5-4-6-8-15)17-22(19,20)12-14-9-10-21-11-14/h4-8,13-14,16-17H,9-12H2,1-3H3/t13-,14+,16+/m0/s1. The fraction of sp³-hybridized carbons (Fsp3) is 0.625. The first kappa shape index (κ1) is 17.4. The summed E-state index contributed by atoms with van der Waals surface area (Å²) >= 11 is 0. The number of likely N-dealkylation sites (N-methyl/N-ethyl adjacent to an activating group) is 1. The molecule has 22 heavy (non-hydrogen) atoms. The molecule has 1 saturated heterocycles. The Kier molecular flexibility index (Phi) is 5.97. The van der Waals surface area contributed by atoms with E-state index in [0.29, 0.717) is 13.2 Å². The van der Waals surface area contributed by atoms with Crippen LogP contribution in [0.15, 0.2) is 30.3 Å². The van der Waals surface area contributed by atoms with Crippen molar-refractivity contribution in [1.82, 2.24) is 9.62 Å². The van der Waals surface area contributed by atoms with Gasteiger partial charge >= 0.3 is 0 Å². The summed E-state index contributed by atoms with van der Waals surface area (Å²) in [6, 6.07) is 9.76. The third kappa shape index (κ3) is 4.78. The van der Waals surface area contributed by atoms with Crippen molar-refractivity contribution in [2.45, 2.75) is 25.4 Å². The predicted octanol–water partition coefficient (Wildman–Crippen LogP) is 1.63. The Hall–Kier alpha value is -0.950. The van der Waals surface area contributed by atoms with Crippen molar-refractivity contribution in [1.29, 1.82) is 0 Å². The Morgan fingerprint density at radius 3 is 2.55 bits per heavy atom. The van der Waals surface area contributed by atoms with Gasteiger partial charge in [0.05, 0.1) is 18.4 Å². The third-order valence-corrected chi connectivity index (χ3v) is 5.66. The van der Waals surface area contributed by atoms with Gasteiger partial charge in [-0.15, -0.1) is 0 Å². The van der Waals surface area contributed by atoms with Crippen LogP contribution in [0.3, 0.4) is 0 Å². The summed E-state index contributed by atoms with van der Waals surface area (Å²) in [5, 5.41) is 0. The highest BCUT2D eigenvalue weighted by atomic mass is 32.2. The molecule has 1 aliphatic rings. The van der Waals surface area contributed by atoms with Crippen molar-refractivity contribution in [3.05, 3.63) is 35.9 Å². The van der Waals surface area contributed by atoms with Gasteiger partial charge < -0.3 is 9.64 Å². The zero-order valence-corrected chi connectivity index (χ0v) is 14.3. The molecule has 0 spiro atoms. The van der Waals surface area contributed by atoms with Crippen LogP contribution >= 0.6 is 0 Å². The number of nitrogens with zero attached hydrogens (tertiary/aromatic N) is 1. The molecule has 0 amide bonds. The molecule has 1 aromatic carbocycles. The molecular formula is C16H26N2O3S. The molecule has 0 radical (unpaired) electrons. The molecule has 6 heteroatoms. The van der Waals surface area contributed by atoms with Crippen LogP contribution in [0.25, 0.3) is 0 Å². The van der Waals surface area contributed by atoms with Crippen molar-refractivity contribution in [2.24, 2.45) is 5.92 Å². The first-order chi connectivity index (χ1) is 10.4. The summed E-state index contributed by atoms with van der Waals surface area (Å²) < 4.78 is 32.8. The fourth-order valence-corrected chi connectivity index (χ4v) is 4.78.